The molecule has 100 valence electrons. The first-order chi connectivity index (χ1) is 8.25. The second-order valence-electron chi connectivity index (χ2n) is 4.34. The third-order valence-corrected chi connectivity index (χ3v) is 3.12. The molecule has 18 heavy (non-hydrogen) atoms. The largest absolute Gasteiger partial charge is 0.478 e. The van der Waals surface area contributed by atoms with Crippen LogP contribution in [0.15, 0.2) is 12.1 Å². The Morgan fingerprint density at radius 1 is 1.22 bits per heavy atom. The molecule has 0 bridgehead atoms. The van der Waals surface area contributed by atoms with E-state index in [1.54, 1.807) is 24.8 Å². The second kappa shape index (κ2) is 5.81. The molecule has 0 amide bonds. The van der Waals surface area contributed by atoms with Crippen molar-refractivity contribution < 1.29 is 9.90 Å². The number of aromatic carboxylic acids is 1. The fraction of sp³-hybridized carbons (Fsp3) is 0.462. The van der Waals surface area contributed by atoms with Crippen LogP contribution in [0.1, 0.15) is 35.3 Å². The first-order valence-corrected chi connectivity index (χ1v) is 6.54. The molecule has 0 heterocycles. The number of hydrogen-bond donors (Lipinski definition) is 1. The highest BCUT2D eigenvalue weighted by atomic mass is 35.5. The molecule has 3 nitrogen and oxygen atoms in total. The minimum atomic E-state index is -0.976. The summed E-state index contributed by atoms with van der Waals surface area (Å²) in [5.74, 6) is -0.976. The molecule has 0 aliphatic carbocycles. The summed E-state index contributed by atoms with van der Waals surface area (Å²) >= 11 is 12.2. The topological polar surface area (TPSA) is 40.5 Å². The van der Waals surface area contributed by atoms with Crippen LogP contribution >= 0.6 is 23.2 Å². The van der Waals surface area contributed by atoms with Gasteiger partial charge in [0.2, 0.25) is 0 Å². The zero-order chi connectivity index (χ0) is 14.0. The van der Waals surface area contributed by atoms with Crippen molar-refractivity contribution in [1.82, 2.24) is 0 Å². The van der Waals surface area contributed by atoms with E-state index in [4.69, 9.17) is 23.2 Å². The van der Waals surface area contributed by atoms with Crippen LogP contribution in [-0.4, -0.2) is 22.1 Å². The molecule has 2 unspecified atom stereocenters. The van der Waals surface area contributed by atoms with E-state index in [-0.39, 0.29) is 5.56 Å². The number of aryl methyl sites for hydroxylation is 2. The maximum absolute atomic E-state index is 11.4. The highest BCUT2D eigenvalue weighted by Crippen LogP contribution is 2.32. The lowest BCUT2D eigenvalue weighted by Crippen LogP contribution is -2.36. The number of carbonyl (C=O) groups is 1. The van der Waals surface area contributed by atoms with Crippen molar-refractivity contribution >= 4 is 34.9 Å². The predicted molar refractivity (Wildman–Crippen MR) is 76.0 cm³/mol. The average molecular weight is 290 g/mol. The number of halogens is 2. The predicted octanol–water partition coefficient (Wildman–Crippen LogP) is 3.98. The normalized spacial score (nSPS) is 14.1. The standard InChI is InChI=1S/C13H17Cl2NO2/c1-7-5-8(2)12(11(6-7)13(17)18)16(9(3)14)10(4)15/h5-6,9-10H,1-4H3,(H,17,18). The molecule has 0 aromatic heterocycles. The number of rotatable bonds is 4. The number of benzene rings is 1. The van der Waals surface area contributed by atoms with Crippen LogP contribution in [0.3, 0.4) is 0 Å². The Morgan fingerprint density at radius 2 is 1.72 bits per heavy atom. The fourth-order valence-electron chi connectivity index (χ4n) is 2.10. The minimum absolute atomic E-state index is 0.229. The van der Waals surface area contributed by atoms with E-state index in [2.05, 4.69) is 0 Å². The Labute approximate surface area is 117 Å². The lowest BCUT2D eigenvalue weighted by atomic mass is 10.0. The van der Waals surface area contributed by atoms with Crippen molar-refractivity contribution in [2.75, 3.05) is 4.90 Å². The Bertz CT molecular complexity index is 451. The Balaban J connectivity index is 3.50. The van der Waals surface area contributed by atoms with Gasteiger partial charge in [-0.25, -0.2) is 4.79 Å². The van der Waals surface area contributed by atoms with Crippen LogP contribution in [-0.2, 0) is 0 Å². The summed E-state index contributed by atoms with van der Waals surface area (Å²) in [6.07, 6.45) is 0. The molecule has 1 N–H and O–H groups in total. The Morgan fingerprint density at radius 3 is 2.11 bits per heavy atom. The molecule has 0 spiro atoms. The Hall–Kier alpha value is -0.930. The van der Waals surface area contributed by atoms with Crippen LogP contribution in [0.2, 0.25) is 0 Å². The third-order valence-electron chi connectivity index (χ3n) is 2.70. The van der Waals surface area contributed by atoms with Crippen LogP contribution in [0, 0.1) is 13.8 Å². The van der Waals surface area contributed by atoms with E-state index >= 15 is 0 Å². The van der Waals surface area contributed by atoms with Crippen molar-refractivity contribution in [1.29, 1.82) is 0 Å². The molecule has 1 aromatic carbocycles. The first-order valence-electron chi connectivity index (χ1n) is 5.66. The highest BCUT2D eigenvalue weighted by molar-refractivity contribution is 6.25. The monoisotopic (exact) mass is 289 g/mol. The molecule has 2 atom stereocenters. The lowest BCUT2D eigenvalue weighted by molar-refractivity contribution is 0.0697. The zero-order valence-electron chi connectivity index (χ0n) is 10.9. The second-order valence-corrected chi connectivity index (χ2v) is 5.60. The van der Waals surface area contributed by atoms with Crippen molar-refractivity contribution in [2.45, 2.75) is 38.7 Å². The van der Waals surface area contributed by atoms with Gasteiger partial charge in [0.25, 0.3) is 0 Å². The SMILES string of the molecule is Cc1cc(C)c(N(C(C)Cl)C(C)Cl)c(C(=O)O)c1. The van der Waals surface area contributed by atoms with E-state index < -0.39 is 17.0 Å². The van der Waals surface area contributed by atoms with Gasteiger partial charge in [0.05, 0.1) is 11.3 Å². The molecule has 0 aliphatic heterocycles. The van der Waals surface area contributed by atoms with Gasteiger partial charge < -0.3 is 10.0 Å². The third kappa shape index (κ3) is 3.09. The molecule has 0 radical (unpaired) electrons. The minimum Gasteiger partial charge on any atom is -0.478 e. The first kappa shape index (κ1) is 15.1. The summed E-state index contributed by atoms with van der Waals surface area (Å²) in [4.78, 5) is 13.1. The molecule has 1 rings (SSSR count). The van der Waals surface area contributed by atoms with Gasteiger partial charge >= 0.3 is 5.97 Å². The molecule has 0 fully saturated rings. The van der Waals surface area contributed by atoms with Crippen molar-refractivity contribution in [2.24, 2.45) is 0 Å². The number of hydrogen-bond acceptors (Lipinski definition) is 2. The number of anilines is 1. The number of nitrogens with zero attached hydrogens (tertiary/aromatic N) is 1. The van der Waals surface area contributed by atoms with Gasteiger partial charge in [-0.2, -0.15) is 0 Å². The van der Waals surface area contributed by atoms with Crippen LogP contribution in [0.4, 0.5) is 5.69 Å². The lowest BCUT2D eigenvalue weighted by Gasteiger charge is -2.32. The molecule has 5 heteroatoms. The number of alkyl halides is 2. The molecule has 1 aromatic rings. The summed E-state index contributed by atoms with van der Waals surface area (Å²) in [7, 11) is 0. The summed E-state index contributed by atoms with van der Waals surface area (Å²) in [5, 5.41) is 9.31. The fourth-order valence-corrected chi connectivity index (χ4v) is 2.70. The molecular formula is C13H17Cl2NO2. The summed E-state index contributed by atoms with van der Waals surface area (Å²) < 4.78 is 0. The zero-order valence-corrected chi connectivity index (χ0v) is 12.4. The number of carboxylic acids is 1. The maximum atomic E-state index is 11.4. The van der Waals surface area contributed by atoms with Crippen molar-refractivity contribution in [3.8, 4) is 0 Å². The molecule has 0 saturated carbocycles. The van der Waals surface area contributed by atoms with E-state index in [1.165, 1.54) is 0 Å². The van der Waals surface area contributed by atoms with E-state index in [0.29, 0.717) is 5.69 Å². The highest BCUT2D eigenvalue weighted by Gasteiger charge is 2.24. The summed E-state index contributed by atoms with van der Waals surface area (Å²) in [5.41, 5.74) is 1.78. The molecular weight excluding hydrogens is 273 g/mol. The summed E-state index contributed by atoms with van der Waals surface area (Å²) in [6, 6.07) is 3.56. The van der Waals surface area contributed by atoms with Gasteiger partial charge in [-0.3, -0.25) is 0 Å². The number of carboxylic acid groups (broad SMARTS) is 1. The van der Waals surface area contributed by atoms with Crippen molar-refractivity contribution in [3.63, 3.8) is 0 Å². The van der Waals surface area contributed by atoms with E-state index in [0.717, 1.165) is 11.1 Å². The van der Waals surface area contributed by atoms with Crippen LogP contribution in [0.25, 0.3) is 0 Å². The molecule has 0 aliphatic rings. The summed E-state index contributed by atoms with van der Waals surface area (Å²) in [6.45, 7) is 7.26. The van der Waals surface area contributed by atoms with Gasteiger partial charge in [-0.1, -0.05) is 29.3 Å². The smallest absolute Gasteiger partial charge is 0.337 e. The van der Waals surface area contributed by atoms with E-state index in [1.807, 2.05) is 19.9 Å². The van der Waals surface area contributed by atoms with Crippen molar-refractivity contribution in [3.05, 3.63) is 28.8 Å². The average Bonchev–Trinajstić information content (AvgIpc) is 2.19. The van der Waals surface area contributed by atoms with Gasteiger partial charge in [0.15, 0.2) is 0 Å². The maximum Gasteiger partial charge on any atom is 0.337 e. The Kier molecular flexibility index (Phi) is 4.88. The molecule has 0 saturated heterocycles. The quantitative estimate of drug-likeness (QED) is 0.673. The van der Waals surface area contributed by atoms with Crippen LogP contribution in [0.5, 0.6) is 0 Å². The van der Waals surface area contributed by atoms with Gasteiger partial charge in [-0.05, 0) is 44.9 Å². The van der Waals surface area contributed by atoms with Gasteiger partial charge in [-0.15, -0.1) is 0 Å². The van der Waals surface area contributed by atoms with E-state index in [9.17, 15) is 9.90 Å². The van der Waals surface area contributed by atoms with Crippen LogP contribution < -0.4 is 4.90 Å². The van der Waals surface area contributed by atoms with Gasteiger partial charge in [0.1, 0.15) is 11.0 Å². The van der Waals surface area contributed by atoms with Gasteiger partial charge in [0, 0.05) is 0 Å².